The normalized spacial score (nSPS) is 13.3. The van der Waals surface area contributed by atoms with Crippen molar-refractivity contribution in [2.45, 2.75) is 45.7 Å². The second-order valence-corrected chi connectivity index (χ2v) is 10.4. The number of ether oxygens (including phenoxy) is 2. The van der Waals surface area contributed by atoms with Crippen molar-refractivity contribution in [2.24, 2.45) is 0 Å². The van der Waals surface area contributed by atoms with Crippen molar-refractivity contribution in [3.63, 3.8) is 0 Å². The molecular weight excluding hydrogens is 470 g/mol. The summed E-state index contributed by atoms with van der Waals surface area (Å²) in [6.07, 6.45) is 1.97. The first kappa shape index (κ1) is 26.3. The van der Waals surface area contributed by atoms with Crippen LogP contribution in [0.25, 0.3) is 0 Å². The number of nitrogens with one attached hydrogen (secondary N) is 1. The van der Waals surface area contributed by atoms with Crippen LogP contribution in [0.2, 0.25) is 0 Å². The first-order valence-electron chi connectivity index (χ1n) is 11.6. The van der Waals surface area contributed by atoms with E-state index in [2.05, 4.69) is 5.32 Å². The number of hydrogen-bond donors (Lipinski definition) is 1. The van der Waals surface area contributed by atoms with Crippen molar-refractivity contribution in [3.05, 3.63) is 53.6 Å². The molecular formula is C25H33N3O6S. The number of aryl methyl sites for hydroxylation is 1. The van der Waals surface area contributed by atoms with E-state index in [4.69, 9.17) is 9.47 Å². The number of anilines is 1. The van der Waals surface area contributed by atoms with Crippen LogP contribution in [0.1, 0.15) is 37.3 Å². The van der Waals surface area contributed by atoms with E-state index in [1.165, 1.54) is 4.31 Å². The van der Waals surface area contributed by atoms with Crippen LogP contribution in [0.15, 0.2) is 42.5 Å². The molecule has 1 heterocycles. The Morgan fingerprint density at radius 1 is 1.09 bits per heavy atom. The third-order valence-electron chi connectivity index (χ3n) is 5.90. The molecule has 0 saturated carbocycles. The average molecular weight is 504 g/mol. The number of fused-ring (bicyclic) bond motifs is 1. The zero-order valence-corrected chi connectivity index (χ0v) is 21.4. The predicted molar refractivity (Wildman–Crippen MR) is 134 cm³/mol. The molecule has 0 aliphatic carbocycles. The molecule has 1 unspecified atom stereocenters. The first-order valence-corrected chi connectivity index (χ1v) is 13.4. The highest BCUT2D eigenvalue weighted by Gasteiger charge is 2.28. The van der Waals surface area contributed by atoms with Crippen LogP contribution in [-0.2, 0) is 26.2 Å². The molecule has 1 N–H and O–H groups in total. The van der Waals surface area contributed by atoms with Gasteiger partial charge in [-0.25, -0.2) is 8.42 Å². The highest BCUT2D eigenvalue weighted by atomic mass is 32.2. The van der Waals surface area contributed by atoms with Gasteiger partial charge in [-0.1, -0.05) is 36.8 Å². The Kier molecular flexibility index (Phi) is 8.61. The molecule has 0 saturated heterocycles. The lowest BCUT2D eigenvalue weighted by Gasteiger charge is -2.31. The summed E-state index contributed by atoms with van der Waals surface area (Å²) in [6, 6.07) is 12.1. The number of rotatable bonds is 11. The molecule has 1 atom stereocenters. The molecule has 3 rings (SSSR count). The Morgan fingerprint density at radius 3 is 2.40 bits per heavy atom. The molecule has 9 nitrogen and oxygen atoms in total. The van der Waals surface area contributed by atoms with Gasteiger partial charge >= 0.3 is 0 Å². The van der Waals surface area contributed by atoms with Gasteiger partial charge in [0.15, 0.2) is 11.5 Å². The summed E-state index contributed by atoms with van der Waals surface area (Å²) >= 11 is 0. The molecule has 190 valence electrons. The van der Waals surface area contributed by atoms with E-state index in [1.54, 1.807) is 30.1 Å². The minimum absolute atomic E-state index is 0.0902. The van der Waals surface area contributed by atoms with Crippen molar-refractivity contribution in [1.82, 2.24) is 10.2 Å². The highest BCUT2D eigenvalue weighted by Crippen LogP contribution is 2.36. The topological polar surface area (TPSA) is 105 Å². The van der Waals surface area contributed by atoms with Crippen LogP contribution in [0, 0.1) is 6.92 Å². The fourth-order valence-corrected chi connectivity index (χ4v) is 4.98. The monoisotopic (exact) mass is 503 g/mol. The number of nitrogens with zero attached hydrogens (tertiary/aromatic N) is 2. The lowest BCUT2D eigenvalue weighted by atomic mass is 10.1. The smallest absolute Gasteiger partial charge is 0.242 e. The minimum atomic E-state index is -3.60. The summed E-state index contributed by atoms with van der Waals surface area (Å²) < 4.78 is 36.9. The van der Waals surface area contributed by atoms with Crippen LogP contribution < -0.4 is 19.1 Å². The van der Waals surface area contributed by atoms with Gasteiger partial charge in [0.25, 0.3) is 0 Å². The molecule has 2 aromatic rings. The summed E-state index contributed by atoms with van der Waals surface area (Å²) in [5, 5.41) is 2.64. The molecule has 0 bridgehead atoms. The maximum absolute atomic E-state index is 13.3. The van der Waals surface area contributed by atoms with Gasteiger partial charge < -0.3 is 19.7 Å². The number of amides is 2. The fourth-order valence-electron chi connectivity index (χ4n) is 4.02. The molecule has 2 aromatic carbocycles. The molecule has 0 spiro atoms. The van der Waals surface area contributed by atoms with E-state index >= 15 is 0 Å². The Morgan fingerprint density at radius 2 is 1.77 bits per heavy atom. The fraction of sp³-hybridized carbons (Fsp3) is 0.440. The number of benzene rings is 2. The third-order valence-corrected chi connectivity index (χ3v) is 7.10. The largest absolute Gasteiger partial charge is 0.454 e. The number of hydrogen-bond acceptors (Lipinski definition) is 6. The first-order chi connectivity index (χ1) is 16.6. The van der Waals surface area contributed by atoms with Crippen molar-refractivity contribution in [3.8, 4) is 11.5 Å². The summed E-state index contributed by atoms with van der Waals surface area (Å²) in [5.74, 6) is 0.600. The summed E-state index contributed by atoms with van der Waals surface area (Å²) in [6.45, 7) is 4.34. The molecule has 0 radical (unpaired) electrons. The Balaban J connectivity index is 1.74. The van der Waals surface area contributed by atoms with Crippen molar-refractivity contribution in [1.29, 1.82) is 0 Å². The van der Waals surface area contributed by atoms with Gasteiger partial charge in [0.2, 0.25) is 28.6 Å². The number of likely N-dealkylation sites (N-methyl/N-ethyl adjacent to an activating group) is 1. The third kappa shape index (κ3) is 6.66. The number of sulfonamides is 1. The van der Waals surface area contributed by atoms with Crippen LogP contribution in [-0.4, -0.2) is 57.8 Å². The SMILES string of the molecule is CCC(C(=O)NC)N(Cc1ccc(C)cc1)C(=O)CCCN(c1ccc2c(c1)OCO2)S(C)(=O)=O. The van der Waals surface area contributed by atoms with Crippen molar-refractivity contribution >= 4 is 27.5 Å². The van der Waals surface area contributed by atoms with Crippen LogP contribution in [0.3, 0.4) is 0 Å². The van der Waals surface area contributed by atoms with E-state index in [0.29, 0.717) is 30.2 Å². The Hall–Kier alpha value is -3.27. The molecule has 0 fully saturated rings. The van der Waals surface area contributed by atoms with E-state index < -0.39 is 16.1 Å². The van der Waals surface area contributed by atoms with E-state index in [-0.39, 0.29) is 38.0 Å². The van der Waals surface area contributed by atoms with Crippen molar-refractivity contribution < 1.29 is 27.5 Å². The van der Waals surface area contributed by atoms with Gasteiger partial charge in [-0.2, -0.15) is 0 Å². The Labute approximate surface area is 207 Å². The summed E-state index contributed by atoms with van der Waals surface area (Å²) in [5.41, 5.74) is 2.47. The number of carbonyl (C=O) groups excluding carboxylic acids is 2. The summed E-state index contributed by atoms with van der Waals surface area (Å²) in [4.78, 5) is 27.4. The molecule has 2 amide bonds. The van der Waals surface area contributed by atoms with Gasteiger partial charge in [-0.15, -0.1) is 0 Å². The standard InChI is InChI=1S/C25H33N3O6S/c1-5-21(25(30)26-3)27(16-19-10-8-18(2)9-11-19)24(29)7-6-14-28(35(4,31)32)20-12-13-22-23(15-20)34-17-33-22/h8-13,15,21H,5-7,14,16-17H2,1-4H3,(H,26,30). The zero-order chi connectivity index (χ0) is 25.6. The van der Waals surface area contributed by atoms with Crippen molar-refractivity contribution in [2.75, 3.05) is 30.9 Å². The molecule has 1 aliphatic rings. The maximum atomic E-state index is 13.3. The number of carbonyl (C=O) groups is 2. The molecule has 10 heteroatoms. The molecule has 0 aromatic heterocycles. The average Bonchev–Trinajstić information content (AvgIpc) is 3.29. The van der Waals surface area contributed by atoms with Crippen LogP contribution in [0.5, 0.6) is 11.5 Å². The quantitative estimate of drug-likeness (QED) is 0.506. The van der Waals surface area contributed by atoms with E-state index in [1.807, 2.05) is 38.1 Å². The van der Waals surface area contributed by atoms with E-state index in [9.17, 15) is 18.0 Å². The van der Waals surface area contributed by atoms with Gasteiger partial charge in [0, 0.05) is 32.6 Å². The minimum Gasteiger partial charge on any atom is -0.454 e. The molecule has 35 heavy (non-hydrogen) atoms. The maximum Gasteiger partial charge on any atom is 0.242 e. The highest BCUT2D eigenvalue weighted by molar-refractivity contribution is 7.92. The predicted octanol–water partition coefficient (Wildman–Crippen LogP) is 2.82. The Bertz CT molecular complexity index is 1150. The van der Waals surface area contributed by atoms with Gasteiger partial charge in [0.05, 0.1) is 11.9 Å². The lowest BCUT2D eigenvalue weighted by Crippen LogP contribution is -2.48. The van der Waals surface area contributed by atoms with E-state index in [0.717, 1.165) is 17.4 Å². The molecule has 1 aliphatic heterocycles. The second-order valence-electron chi connectivity index (χ2n) is 8.52. The van der Waals surface area contributed by atoms with Gasteiger partial charge in [-0.3, -0.25) is 13.9 Å². The van der Waals surface area contributed by atoms with Crippen LogP contribution in [0.4, 0.5) is 5.69 Å². The zero-order valence-electron chi connectivity index (χ0n) is 20.6. The lowest BCUT2D eigenvalue weighted by molar-refractivity contribution is -0.141. The van der Waals surface area contributed by atoms with Gasteiger partial charge in [-0.05, 0) is 37.5 Å². The second kappa shape index (κ2) is 11.4. The van der Waals surface area contributed by atoms with Crippen LogP contribution >= 0.6 is 0 Å². The summed E-state index contributed by atoms with van der Waals surface area (Å²) in [7, 11) is -2.05. The van der Waals surface area contributed by atoms with Gasteiger partial charge in [0.1, 0.15) is 6.04 Å².